The molecule has 1 aliphatic rings. The van der Waals surface area contributed by atoms with Gasteiger partial charge >= 0.3 is 0 Å². The second kappa shape index (κ2) is 8.55. The molecule has 0 fully saturated rings. The van der Waals surface area contributed by atoms with Crippen LogP contribution in [0.25, 0.3) is 0 Å². The summed E-state index contributed by atoms with van der Waals surface area (Å²) in [4.78, 5) is 13.1. The van der Waals surface area contributed by atoms with E-state index in [2.05, 4.69) is 5.32 Å². The first-order valence-corrected chi connectivity index (χ1v) is 11.5. The highest BCUT2D eigenvalue weighted by atomic mass is 32.2. The van der Waals surface area contributed by atoms with E-state index in [1.165, 1.54) is 23.5 Å². The van der Waals surface area contributed by atoms with Gasteiger partial charge < -0.3 is 14.8 Å². The molecule has 1 heterocycles. The van der Waals surface area contributed by atoms with Crippen LogP contribution in [0.4, 0.5) is 11.4 Å². The van der Waals surface area contributed by atoms with Crippen molar-refractivity contribution < 1.29 is 22.7 Å². The number of hydrogen-bond acceptors (Lipinski definition) is 5. The number of fused-ring (bicyclic) bond motifs is 1. The molecular weight excluding hydrogens is 428 g/mol. The minimum absolute atomic E-state index is 0.102. The predicted octanol–water partition coefficient (Wildman–Crippen LogP) is 3.91. The molecule has 8 heteroatoms. The van der Waals surface area contributed by atoms with Crippen LogP contribution in [0.5, 0.6) is 11.5 Å². The van der Waals surface area contributed by atoms with Crippen LogP contribution in [0.2, 0.25) is 0 Å². The normalized spacial score (nSPS) is 15.5. The van der Waals surface area contributed by atoms with E-state index in [1.807, 2.05) is 38.1 Å². The maximum absolute atomic E-state index is 13.5. The molecule has 0 radical (unpaired) electrons. The van der Waals surface area contributed by atoms with E-state index in [9.17, 15) is 13.2 Å². The average molecular weight is 453 g/mol. The van der Waals surface area contributed by atoms with E-state index in [1.54, 1.807) is 30.3 Å². The van der Waals surface area contributed by atoms with Crippen LogP contribution in [0, 0.1) is 13.8 Å². The Bertz CT molecular complexity index is 1260. The summed E-state index contributed by atoms with van der Waals surface area (Å²) < 4.78 is 39.3. The van der Waals surface area contributed by atoms with Gasteiger partial charge in [-0.05, 0) is 67.4 Å². The number of nitrogens with one attached hydrogen (secondary N) is 1. The quantitative estimate of drug-likeness (QED) is 0.635. The van der Waals surface area contributed by atoms with Gasteiger partial charge in [0, 0.05) is 5.69 Å². The van der Waals surface area contributed by atoms with Crippen LogP contribution in [0.3, 0.4) is 0 Å². The van der Waals surface area contributed by atoms with E-state index >= 15 is 0 Å². The Hall–Kier alpha value is -3.52. The first kappa shape index (κ1) is 21.7. The standard InChI is InChI=1S/C24H24N2O5S/c1-16-8-13-21-22(14-16)31-23(24(27)25-20-7-5-4-6-17(20)2)15-26(21)32(28,29)19-11-9-18(30-3)10-12-19/h4-14,23H,15H2,1-3H3,(H,25,27)/t23-/m0/s1. The van der Waals surface area contributed by atoms with Crippen LogP contribution in [0.15, 0.2) is 71.6 Å². The zero-order valence-corrected chi connectivity index (χ0v) is 18.8. The Kier molecular flexibility index (Phi) is 5.80. The number of carbonyl (C=O) groups excluding carboxylic acids is 1. The number of sulfonamides is 1. The topological polar surface area (TPSA) is 84.9 Å². The van der Waals surface area contributed by atoms with E-state index in [0.29, 0.717) is 22.9 Å². The highest BCUT2D eigenvalue weighted by molar-refractivity contribution is 7.92. The number of para-hydroxylation sites is 1. The van der Waals surface area contributed by atoms with E-state index in [-0.39, 0.29) is 11.4 Å². The lowest BCUT2D eigenvalue weighted by Gasteiger charge is -2.35. The summed E-state index contributed by atoms with van der Waals surface area (Å²) in [6.07, 6.45) is -1.02. The molecule has 0 saturated carbocycles. The number of benzene rings is 3. The molecule has 0 saturated heterocycles. The first-order chi connectivity index (χ1) is 15.3. The van der Waals surface area contributed by atoms with Crippen molar-refractivity contribution in [2.24, 2.45) is 0 Å². The summed E-state index contributed by atoms with van der Waals surface area (Å²) in [5.41, 5.74) is 2.84. The van der Waals surface area contributed by atoms with E-state index < -0.39 is 22.0 Å². The molecule has 4 rings (SSSR count). The molecule has 0 unspecified atom stereocenters. The molecule has 1 aliphatic heterocycles. The first-order valence-electron chi connectivity index (χ1n) is 10.1. The van der Waals surface area contributed by atoms with Crippen LogP contribution >= 0.6 is 0 Å². The van der Waals surface area contributed by atoms with Crippen molar-refractivity contribution in [3.63, 3.8) is 0 Å². The van der Waals surface area contributed by atoms with Gasteiger partial charge in [0.1, 0.15) is 11.5 Å². The lowest BCUT2D eigenvalue weighted by molar-refractivity contribution is -0.122. The molecule has 1 amide bonds. The fourth-order valence-corrected chi connectivity index (χ4v) is 5.00. The Morgan fingerprint density at radius 3 is 2.47 bits per heavy atom. The summed E-state index contributed by atoms with van der Waals surface area (Å²) in [7, 11) is -2.43. The molecule has 1 atom stereocenters. The van der Waals surface area contributed by atoms with Gasteiger partial charge in [0.2, 0.25) is 0 Å². The van der Waals surface area contributed by atoms with Gasteiger partial charge in [-0.3, -0.25) is 9.10 Å². The number of rotatable bonds is 5. The maximum Gasteiger partial charge on any atom is 0.267 e. The monoisotopic (exact) mass is 452 g/mol. The Morgan fingerprint density at radius 1 is 1.06 bits per heavy atom. The molecule has 1 N–H and O–H groups in total. The second-order valence-electron chi connectivity index (χ2n) is 7.59. The number of hydrogen-bond donors (Lipinski definition) is 1. The molecule has 0 aliphatic carbocycles. The lowest BCUT2D eigenvalue weighted by Crippen LogP contribution is -2.48. The third-order valence-electron chi connectivity index (χ3n) is 5.33. The Balaban J connectivity index is 1.70. The number of aryl methyl sites for hydroxylation is 2. The fourth-order valence-electron chi connectivity index (χ4n) is 3.53. The van der Waals surface area contributed by atoms with Crippen molar-refractivity contribution >= 4 is 27.3 Å². The molecule has 32 heavy (non-hydrogen) atoms. The van der Waals surface area contributed by atoms with Gasteiger partial charge in [-0.15, -0.1) is 0 Å². The molecule has 166 valence electrons. The number of anilines is 2. The fraction of sp³-hybridized carbons (Fsp3) is 0.208. The molecule has 3 aromatic rings. The minimum Gasteiger partial charge on any atom is -0.497 e. The van der Waals surface area contributed by atoms with Crippen molar-refractivity contribution in [2.75, 3.05) is 23.3 Å². The van der Waals surface area contributed by atoms with Gasteiger partial charge in [0.05, 0.1) is 24.2 Å². The SMILES string of the molecule is COc1ccc(S(=O)(=O)N2C[C@@H](C(=O)Nc3ccccc3C)Oc3cc(C)ccc32)cc1. The summed E-state index contributed by atoms with van der Waals surface area (Å²) in [5, 5.41) is 2.85. The van der Waals surface area contributed by atoms with Crippen LogP contribution in [0.1, 0.15) is 11.1 Å². The zero-order valence-electron chi connectivity index (χ0n) is 18.0. The van der Waals surface area contributed by atoms with Crippen molar-refractivity contribution in [3.05, 3.63) is 77.9 Å². The second-order valence-corrected chi connectivity index (χ2v) is 9.46. The van der Waals surface area contributed by atoms with Gasteiger partial charge in [-0.25, -0.2) is 8.42 Å². The number of ether oxygens (including phenoxy) is 2. The summed E-state index contributed by atoms with van der Waals surface area (Å²) in [6, 6.07) is 18.8. The highest BCUT2D eigenvalue weighted by Crippen LogP contribution is 2.38. The van der Waals surface area contributed by atoms with E-state index in [4.69, 9.17) is 9.47 Å². The van der Waals surface area contributed by atoms with Gasteiger partial charge in [0.15, 0.2) is 6.10 Å². The van der Waals surface area contributed by atoms with Crippen LogP contribution < -0.4 is 19.1 Å². The Morgan fingerprint density at radius 2 is 1.78 bits per heavy atom. The van der Waals surface area contributed by atoms with Crippen LogP contribution in [-0.4, -0.2) is 34.1 Å². The molecule has 7 nitrogen and oxygen atoms in total. The van der Waals surface area contributed by atoms with Crippen molar-refractivity contribution in [2.45, 2.75) is 24.8 Å². The van der Waals surface area contributed by atoms with Gasteiger partial charge in [0.25, 0.3) is 15.9 Å². The Labute approximate surface area is 187 Å². The third-order valence-corrected chi connectivity index (χ3v) is 7.12. The van der Waals surface area contributed by atoms with E-state index in [0.717, 1.165) is 11.1 Å². The maximum atomic E-state index is 13.5. The average Bonchev–Trinajstić information content (AvgIpc) is 2.79. The lowest BCUT2D eigenvalue weighted by atomic mass is 10.1. The third kappa shape index (κ3) is 4.13. The van der Waals surface area contributed by atoms with Gasteiger partial charge in [-0.2, -0.15) is 0 Å². The minimum atomic E-state index is -3.94. The molecule has 0 aromatic heterocycles. The predicted molar refractivity (Wildman–Crippen MR) is 123 cm³/mol. The molecular formula is C24H24N2O5S. The zero-order chi connectivity index (χ0) is 22.9. The number of carbonyl (C=O) groups is 1. The molecule has 0 bridgehead atoms. The van der Waals surface area contributed by atoms with Crippen molar-refractivity contribution in [3.8, 4) is 11.5 Å². The van der Waals surface area contributed by atoms with Crippen molar-refractivity contribution in [1.82, 2.24) is 0 Å². The van der Waals surface area contributed by atoms with Crippen molar-refractivity contribution in [1.29, 1.82) is 0 Å². The summed E-state index contributed by atoms with van der Waals surface area (Å²) >= 11 is 0. The largest absolute Gasteiger partial charge is 0.497 e. The molecule has 3 aromatic carbocycles. The summed E-state index contributed by atoms with van der Waals surface area (Å²) in [5.74, 6) is 0.483. The van der Waals surface area contributed by atoms with Crippen LogP contribution in [-0.2, 0) is 14.8 Å². The van der Waals surface area contributed by atoms with Gasteiger partial charge in [-0.1, -0.05) is 24.3 Å². The number of nitrogens with zero attached hydrogens (tertiary/aromatic N) is 1. The number of amides is 1. The molecule has 0 spiro atoms. The number of methoxy groups -OCH3 is 1. The summed E-state index contributed by atoms with van der Waals surface area (Å²) in [6.45, 7) is 3.61. The highest BCUT2D eigenvalue weighted by Gasteiger charge is 2.37. The smallest absolute Gasteiger partial charge is 0.267 e.